The van der Waals surface area contributed by atoms with Crippen molar-refractivity contribution in [3.63, 3.8) is 0 Å². The summed E-state index contributed by atoms with van der Waals surface area (Å²) in [5.41, 5.74) is 6.91. The first kappa shape index (κ1) is 24.4. The van der Waals surface area contributed by atoms with Crippen LogP contribution in [0.3, 0.4) is 0 Å². The third-order valence-corrected chi connectivity index (χ3v) is 3.27. The SMILES string of the molecule is CC(C)(C)OC(=O)N[C@@H](CC(=O)OCc1ccccc1)C(=O)O.[NH-]c1ccccn1. The first-order valence-corrected chi connectivity index (χ1v) is 9.11. The summed E-state index contributed by atoms with van der Waals surface area (Å²) in [5, 5.41) is 11.2. The van der Waals surface area contributed by atoms with Crippen molar-refractivity contribution in [1.29, 1.82) is 0 Å². The number of aromatic nitrogens is 1. The number of hydrogen-bond acceptors (Lipinski definition) is 6. The molecular formula is C21H26N3O6-. The van der Waals surface area contributed by atoms with E-state index in [0.717, 1.165) is 5.56 Å². The number of amides is 1. The van der Waals surface area contributed by atoms with E-state index in [4.69, 9.17) is 20.3 Å². The lowest BCUT2D eigenvalue weighted by atomic mass is 10.2. The van der Waals surface area contributed by atoms with Crippen LogP contribution < -0.4 is 5.32 Å². The summed E-state index contributed by atoms with van der Waals surface area (Å²) in [4.78, 5) is 38.1. The van der Waals surface area contributed by atoms with Gasteiger partial charge in [0.15, 0.2) is 0 Å². The molecule has 2 aromatic rings. The van der Waals surface area contributed by atoms with Gasteiger partial charge in [0.1, 0.15) is 18.2 Å². The highest BCUT2D eigenvalue weighted by atomic mass is 16.6. The van der Waals surface area contributed by atoms with Crippen LogP contribution in [0.2, 0.25) is 0 Å². The number of alkyl carbamates (subject to hydrolysis) is 1. The molecule has 0 spiro atoms. The van der Waals surface area contributed by atoms with E-state index in [1.807, 2.05) is 6.07 Å². The van der Waals surface area contributed by atoms with Crippen LogP contribution in [0.4, 0.5) is 10.6 Å². The molecule has 0 aliphatic carbocycles. The monoisotopic (exact) mass is 416 g/mol. The Balaban J connectivity index is 0.000000539. The predicted molar refractivity (Wildman–Crippen MR) is 110 cm³/mol. The van der Waals surface area contributed by atoms with Crippen LogP contribution in [0.25, 0.3) is 5.73 Å². The molecule has 0 aliphatic rings. The molecule has 2 rings (SSSR count). The number of hydrogen-bond donors (Lipinski definition) is 2. The molecule has 9 heteroatoms. The van der Waals surface area contributed by atoms with Gasteiger partial charge in [0.25, 0.3) is 0 Å². The minimum Gasteiger partial charge on any atom is -0.482 e. The molecule has 9 nitrogen and oxygen atoms in total. The van der Waals surface area contributed by atoms with Crippen molar-refractivity contribution in [2.75, 3.05) is 0 Å². The zero-order chi connectivity index (χ0) is 22.6. The molecule has 162 valence electrons. The molecule has 0 saturated carbocycles. The van der Waals surface area contributed by atoms with Crippen LogP contribution in [0.15, 0.2) is 54.7 Å². The fraction of sp³-hybridized carbons (Fsp3) is 0.333. The van der Waals surface area contributed by atoms with Crippen LogP contribution in [0, 0.1) is 0 Å². The van der Waals surface area contributed by atoms with Gasteiger partial charge in [0.05, 0.1) is 6.42 Å². The topological polar surface area (TPSA) is 139 Å². The maximum absolute atomic E-state index is 11.7. The quantitative estimate of drug-likeness (QED) is 0.682. The van der Waals surface area contributed by atoms with Crippen molar-refractivity contribution < 1.29 is 29.0 Å². The second-order valence-electron chi connectivity index (χ2n) is 7.10. The smallest absolute Gasteiger partial charge is 0.408 e. The average molecular weight is 416 g/mol. The number of benzene rings is 1. The summed E-state index contributed by atoms with van der Waals surface area (Å²) in [6.45, 7) is 4.99. The third-order valence-electron chi connectivity index (χ3n) is 3.27. The van der Waals surface area contributed by atoms with Gasteiger partial charge < -0.3 is 30.6 Å². The largest absolute Gasteiger partial charge is 0.482 e. The van der Waals surface area contributed by atoms with Crippen LogP contribution in [-0.2, 0) is 25.7 Å². The number of pyridine rings is 1. The lowest BCUT2D eigenvalue weighted by molar-refractivity contribution is -0.150. The Kier molecular flexibility index (Phi) is 9.81. The van der Waals surface area contributed by atoms with E-state index in [9.17, 15) is 14.4 Å². The van der Waals surface area contributed by atoms with E-state index in [-0.39, 0.29) is 6.61 Å². The average Bonchev–Trinajstić information content (AvgIpc) is 2.66. The van der Waals surface area contributed by atoms with Crippen molar-refractivity contribution >= 4 is 23.8 Å². The molecule has 1 aromatic carbocycles. The number of carboxylic acids is 1. The molecule has 0 bridgehead atoms. The van der Waals surface area contributed by atoms with Gasteiger partial charge in [-0.2, -0.15) is 0 Å². The zero-order valence-electron chi connectivity index (χ0n) is 17.1. The number of nitrogens with one attached hydrogen (secondary N) is 2. The molecule has 0 radical (unpaired) electrons. The van der Waals surface area contributed by atoms with Crippen molar-refractivity contribution in [3.05, 3.63) is 66.0 Å². The number of aliphatic carboxylic acids is 1. The minimum atomic E-state index is -1.41. The number of nitrogens with zero attached hydrogens (tertiary/aromatic N) is 1. The lowest BCUT2D eigenvalue weighted by Crippen LogP contribution is -2.44. The Hall–Kier alpha value is -3.62. The standard InChI is InChI=1S/C16H21NO6.C5H5N2/c1-16(2,3)23-15(21)17-12(14(19)20)9-13(18)22-10-11-7-5-4-6-8-11;6-5-3-1-2-4-7-5/h4-8,12H,9-10H2,1-3H3,(H,17,21)(H,19,20);1-4H,(H-,6,7)/q;-1/t12-;/m0./s1. The van der Waals surface area contributed by atoms with Gasteiger partial charge in [-0.25, -0.2) is 9.59 Å². The van der Waals surface area contributed by atoms with E-state index in [0.29, 0.717) is 5.82 Å². The number of carboxylic acid groups (broad SMARTS) is 1. The van der Waals surface area contributed by atoms with Crippen molar-refractivity contribution in [2.45, 2.75) is 45.4 Å². The van der Waals surface area contributed by atoms with E-state index >= 15 is 0 Å². The summed E-state index contributed by atoms with van der Waals surface area (Å²) >= 11 is 0. The van der Waals surface area contributed by atoms with Gasteiger partial charge in [-0.15, -0.1) is 0 Å². The van der Waals surface area contributed by atoms with Gasteiger partial charge in [0.2, 0.25) is 0 Å². The Labute approximate surface area is 175 Å². The van der Waals surface area contributed by atoms with Crippen molar-refractivity contribution in [1.82, 2.24) is 10.3 Å². The number of ether oxygens (including phenoxy) is 2. The molecule has 0 unspecified atom stereocenters. The highest BCUT2D eigenvalue weighted by Gasteiger charge is 2.26. The Bertz CT molecular complexity index is 806. The van der Waals surface area contributed by atoms with Crippen molar-refractivity contribution in [2.24, 2.45) is 0 Å². The van der Waals surface area contributed by atoms with Gasteiger partial charge in [-0.05, 0) is 26.3 Å². The number of rotatable bonds is 6. The molecule has 30 heavy (non-hydrogen) atoms. The van der Waals surface area contributed by atoms with E-state index < -0.39 is 36.1 Å². The predicted octanol–water partition coefficient (Wildman–Crippen LogP) is 3.86. The zero-order valence-corrected chi connectivity index (χ0v) is 17.1. The van der Waals surface area contributed by atoms with Gasteiger partial charge in [-0.1, -0.05) is 60.5 Å². The molecule has 0 saturated heterocycles. The molecule has 1 atom stereocenters. The van der Waals surface area contributed by atoms with Gasteiger partial charge >= 0.3 is 18.0 Å². The molecule has 1 heterocycles. The van der Waals surface area contributed by atoms with Crippen LogP contribution in [-0.4, -0.2) is 39.8 Å². The summed E-state index contributed by atoms with van der Waals surface area (Å²) in [6, 6.07) is 12.8. The molecule has 1 amide bonds. The van der Waals surface area contributed by atoms with Gasteiger partial charge in [0, 0.05) is 0 Å². The third kappa shape index (κ3) is 11.3. The first-order valence-electron chi connectivity index (χ1n) is 9.11. The second-order valence-corrected chi connectivity index (χ2v) is 7.10. The fourth-order valence-electron chi connectivity index (χ4n) is 1.98. The summed E-state index contributed by atoms with van der Waals surface area (Å²) in [6.07, 6.45) is 0.213. The highest BCUT2D eigenvalue weighted by Crippen LogP contribution is 2.08. The van der Waals surface area contributed by atoms with Gasteiger partial charge in [-0.3, -0.25) is 4.79 Å². The maximum atomic E-state index is 11.7. The number of esters is 1. The molecule has 0 fully saturated rings. The molecule has 3 N–H and O–H groups in total. The van der Waals surface area contributed by atoms with Crippen molar-refractivity contribution in [3.8, 4) is 0 Å². The van der Waals surface area contributed by atoms with E-state index in [1.165, 1.54) is 0 Å². The Morgan fingerprint density at radius 1 is 1.10 bits per heavy atom. The Morgan fingerprint density at radius 2 is 1.73 bits per heavy atom. The first-order chi connectivity index (χ1) is 14.1. The maximum Gasteiger partial charge on any atom is 0.408 e. The number of carbonyl (C=O) groups is 3. The van der Waals surface area contributed by atoms with Crippen LogP contribution in [0.1, 0.15) is 32.8 Å². The highest BCUT2D eigenvalue weighted by molar-refractivity contribution is 5.85. The van der Waals surface area contributed by atoms with Crippen LogP contribution >= 0.6 is 0 Å². The summed E-state index contributed by atoms with van der Waals surface area (Å²) in [7, 11) is 0. The Morgan fingerprint density at radius 3 is 2.20 bits per heavy atom. The fourth-order valence-corrected chi connectivity index (χ4v) is 1.98. The molecule has 0 aliphatic heterocycles. The number of carbonyl (C=O) groups excluding carboxylic acids is 2. The lowest BCUT2D eigenvalue weighted by Gasteiger charge is -2.21. The molecular weight excluding hydrogens is 390 g/mol. The second kappa shape index (κ2) is 12.1. The summed E-state index contributed by atoms with van der Waals surface area (Å²) < 4.78 is 9.96. The van der Waals surface area contributed by atoms with E-state index in [2.05, 4.69) is 10.3 Å². The summed E-state index contributed by atoms with van der Waals surface area (Å²) in [5.74, 6) is -1.74. The van der Waals surface area contributed by atoms with E-state index in [1.54, 1.807) is 69.4 Å². The molecule has 1 aromatic heterocycles. The van der Waals surface area contributed by atoms with Crippen LogP contribution in [0.5, 0.6) is 0 Å². The normalized spacial score (nSPS) is 11.3. The minimum absolute atomic E-state index is 0.0401.